The fraction of sp³-hybridized carbons (Fsp3) is 0.483. The van der Waals surface area contributed by atoms with Crippen molar-refractivity contribution in [3.8, 4) is 0 Å². The van der Waals surface area contributed by atoms with Crippen molar-refractivity contribution in [2.75, 3.05) is 11.9 Å². The maximum absolute atomic E-state index is 14.0. The number of hydrogen-bond acceptors (Lipinski definition) is 4. The molecule has 7 nitrogen and oxygen atoms in total. The Labute approximate surface area is 215 Å². The lowest BCUT2D eigenvalue weighted by molar-refractivity contribution is -0.141. The van der Waals surface area contributed by atoms with E-state index in [4.69, 9.17) is 4.74 Å². The van der Waals surface area contributed by atoms with Crippen LogP contribution in [0.15, 0.2) is 54.6 Å². The van der Waals surface area contributed by atoms with Crippen LogP contribution in [0.4, 0.5) is 10.5 Å². The van der Waals surface area contributed by atoms with Gasteiger partial charge in [0.1, 0.15) is 17.7 Å². The van der Waals surface area contributed by atoms with Gasteiger partial charge in [-0.3, -0.25) is 9.59 Å². The molecule has 0 heterocycles. The van der Waals surface area contributed by atoms with Crippen molar-refractivity contribution < 1.29 is 19.1 Å². The third-order valence-corrected chi connectivity index (χ3v) is 5.52. The molecule has 2 aromatic rings. The summed E-state index contributed by atoms with van der Waals surface area (Å²) in [5.74, 6) is -0.489. The number of para-hydroxylation sites is 1. The van der Waals surface area contributed by atoms with Gasteiger partial charge in [-0.25, -0.2) is 4.79 Å². The number of carbonyl (C=O) groups is 3. The van der Waals surface area contributed by atoms with Gasteiger partial charge in [-0.05, 0) is 63.6 Å². The number of ether oxygens (including phenoxy) is 1. The minimum atomic E-state index is -0.867. The number of nitrogens with one attached hydrogen (secondary N) is 2. The van der Waals surface area contributed by atoms with Gasteiger partial charge in [0.25, 0.3) is 5.91 Å². The van der Waals surface area contributed by atoms with Gasteiger partial charge in [0, 0.05) is 12.2 Å². The second kappa shape index (κ2) is 13.1. The van der Waals surface area contributed by atoms with Crippen molar-refractivity contribution >= 4 is 23.6 Å². The highest BCUT2D eigenvalue weighted by atomic mass is 16.6. The van der Waals surface area contributed by atoms with Gasteiger partial charge in [-0.2, -0.15) is 0 Å². The molecule has 0 saturated carbocycles. The molecule has 0 fully saturated rings. The Bertz CT molecular complexity index is 1010. The third kappa shape index (κ3) is 8.70. The van der Waals surface area contributed by atoms with Crippen molar-refractivity contribution in [2.45, 2.75) is 79.0 Å². The highest BCUT2D eigenvalue weighted by molar-refractivity contribution is 5.99. The number of carbonyl (C=O) groups excluding carboxylic acids is 3. The topological polar surface area (TPSA) is 87.7 Å². The van der Waals surface area contributed by atoms with Crippen molar-refractivity contribution in [1.82, 2.24) is 10.2 Å². The summed E-state index contributed by atoms with van der Waals surface area (Å²) in [4.78, 5) is 41.9. The summed E-state index contributed by atoms with van der Waals surface area (Å²) in [7, 11) is 0. The minimum absolute atomic E-state index is 0.133. The maximum atomic E-state index is 14.0. The lowest BCUT2D eigenvalue weighted by Crippen LogP contribution is -2.53. The first kappa shape index (κ1) is 28.9. The molecule has 0 aliphatic heterocycles. The monoisotopic (exact) mass is 495 g/mol. The van der Waals surface area contributed by atoms with Crippen LogP contribution in [-0.2, 0) is 14.3 Å². The van der Waals surface area contributed by atoms with Gasteiger partial charge in [0.2, 0.25) is 5.91 Å². The van der Waals surface area contributed by atoms with Crippen molar-refractivity contribution in [2.24, 2.45) is 5.92 Å². The SMILES string of the molecule is CCCN(C(=O)C(CC(C)C)NC(=O)OC(C)(C)C)C(C(=O)Nc1ccccc1C)c1ccccc1. The zero-order chi connectivity index (χ0) is 26.9. The second-order valence-corrected chi connectivity index (χ2v) is 10.5. The van der Waals surface area contributed by atoms with E-state index in [1.807, 2.05) is 82.3 Å². The van der Waals surface area contributed by atoms with E-state index in [2.05, 4.69) is 10.6 Å². The molecule has 2 rings (SSSR count). The number of nitrogens with zero attached hydrogens (tertiary/aromatic N) is 1. The van der Waals surface area contributed by atoms with Crippen molar-refractivity contribution in [3.63, 3.8) is 0 Å². The lowest BCUT2D eigenvalue weighted by Gasteiger charge is -2.35. The fourth-order valence-electron chi connectivity index (χ4n) is 3.97. The van der Waals surface area contributed by atoms with Gasteiger partial charge in [-0.1, -0.05) is 69.3 Å². The molecule has 2 atom stereocenters. The highest BCUT2D eigenvalue weighted by Gasteiger charge is 2.36. The van der Waals surface area contributed by atoms with Crippen LogP contribution in [0.3, 0.4) is 0 Å². The predicted molar refractivity (Wildman–Crippen MR) is 144 cm³/mol. The molecule has 36 heavy (non-hydrogen) atoms. The number of benzene rings is 2. The first-order valence-corrected chi connectivity index (χ1v) is 12.6. The van der Waals surface area contributed by atoms with E-state index in [-0.39, 0.29) is 17.7 Å². The Hall–Kier alpha value is -3.35. The summed E-state index contributed by atoms with van der Waals surface area (Å²) in [6, 6.07) is 15.1. The summed E-state index contributed by atoms with van der Waals surface area (Å²) in [5.41, 5.74) is 1.62. The number of amides is 3. The third-order valence-electron chi connectivity index (χ3n) is 5.52. The summed E-state index contributed by atoms with van der Waals surface area (Å²) < 4.78 is 5.42. The molecule has 2 unspecified atom stereocenters. The normalized spacial score (nSPS) is 13.0. The Balaban J connectivity index is 2.45. The zero-order valence-electron chi connectivity index (χ0n) is 22.6. The molecule has 0 aliphatic rings. The molecule has 0 aliphatic carbocycles. The molecular formula is C29H41N3O4. The zero-order valence-corrected chi connectivity index (χ0v) is 22.6. The number of aryl methyl sites for hydroxylation is 1. The van der Waals surface area contributed by atoms with Crippen LogP contribution < -0.4 is 10.6 Å². The standard InChI is InChI=1S/C29H41N3O4/c1-8-18-32(27(34)24(19-20(2)3)31-28(35)36-29(5,6)7)25(22-15-10-9-11-16-22)26(33)30-23-17-13-12-14-21(23)4/h9-17,20,24-25H,8,18-19H2,1-7H3,(H,30,33)(H,31,35). The summed E-state index contributed by atoms with van der Waals surface area (Å²) in [6.07, 6.45) is 0.408. The number of alkyl carbamates (subject to hydrolysis) is 1. The largest absolute Gasteiger partial charge is 0.444 e. The number of anilines is 1. The minimum Gasteiger partial charge on any atom is -0.444 e. The molecule has 2 N–H and O–H groups in total. The molecule has 0 spiro atoms. The van der Waals surface area contributed by atoms with Gasteiger partial charge in [0.05, 0.1) is 0 Å². The quantitative estimate of drug-likeness (QED) is 0.433. The molecule has 2 aromatic carbocycles. The second-order valence-electron chi connectivity index (χ2n) is 10.5. The van der Waals surface area contributed by atoms with Crippen LogP contribution in [0.2, 0.25) is 0 Å². The molecule has 0 saturated heterocycles. The Morgan fingerprint density at radius 1 is 0.972 bits per heavy atom. The van der Waals surface area contributed by atoms with E-state index in [1.54, 1.807) is 25.7 Å². The van der Waals surface area contributed by atoms with Crippen molar-refractivity contribution in [1.29, 1.82) is 0 Å². The average Bonchev–Trinajstić information content (AvgIpc) is 2.78. The number of rotatable bonds is 10. The first-order valence-electron chi connectivity index (χ1n) is 12.6. The predicted octanol–water partition coefficient (Wildman–Crippen LogP) is 5.85. The molecule has 0 aromatic heterocycles. The Morgan fingerprint density at radius 2 is 1.58 bits per heavy atom. The molecule has 0 bridgehead atoms. The van der Waals surface area contributed by atoms with Gasteiger partial charge in [0.15, 0.2) is 0 Å². The average molecular weight is 496 g/mol. The Kier molecular flexibility index (Phi) is 10.5. The van der Waals surface area contributed by atoms with E-state index in [9.17, 15) is 14.4 Å². The van der Waals surface area contributed by atoms with Gasteiger partial charge in [-0.15, -0.1) is 0 Å². The molecule has 3 amide bonds. The fourth-order valence-corrected chi connectivity index (χ4v) is 3.97. The van der Waals surface area contributed by atoms with E-state index in [1.165, 1.54) is 0 Å². The smallest absolute Gasteiger partial charge is 0.408 e. The summed E-state index contributed by atoms with van der Waals surface area (Å²) >= 11 is 0. The maximum Gasteiger partial charge on any atom is 0.408 e. The van der Waals surface area contributed by atoms with Gasteiger partial charge >= 0.3 is 6.09 Å². The Morgan fingerprint density at radius 3 is 2.14 bits per heavy atom. The molecule has 196 valence electrons. The summed E-state index contributed by atoms with van der Waals surface area (Å²) in [6.45, 7) is 13.5. The summed E-state index contributed by atoms with van der Waals surface area (Å²) in [5, 5.41) is 5.77. The van der Waals surface area contributed by atoms with Crippen LogP contribution in [-0.4, -0.2) is 41.0 Å². The van der Waals surface area contributed by atoms with Crippen LogP contribution >= 0.6 is 0 Å². The molecule has 0 radical (unpaired) electrons. The van der Waals surface area contributed by atoms with Crippen LogP contribution in [0, 0.1) is 12.8 Å². The molecular weight excluding hydrogens is 454 g/mol. The molecule has 7 heteroatoms. The van der Waals surface area contributed by atoms with Gasteiger partial charge < -0.3 is 20.3 Å². The highest BCUT2D eigenvalue weighted by Crippen LogP contribution is 2.26. The van der Waals surface area contributed by atoms with E-state index >= 15 is 0 Å². The first-order chi connectivity index (χ1) is 16.9. The van der Waals surface area contributed by atoms with Crippen LogP contribution in [0.25, 0.3) is 0 Å². The van der Waals surface area contributed by atoms with E-state index in [0.29, 0.717) is 30.6 Å². The van der Waals surface area contributed by atoms with Crippen LogP contribution in [0.5, 0.6) is 0 Å². The van der Waals surface area contributed by atoms with E-state index in [0.717, 1.165) is 5.56 Å². The van der Waals surface area contributed by atoms with Crippen LogP contribution in [0.1, 0.15) is 71.6 Å². The lowest BCUT2D eigenvalue weighted by atomic mass is 9.99. The number of hydrogen-bond donors (Lipinski definition) is 2. The van der Waals surface area contributed by atoms with Crippen molar-refractivity contribution in [3.05, 3.63) is 65.7 Å². The van der Waals surface area contributed by atoms with E-state index < -0.39 is 23.8 Å².